The van der Waals surface area contributed by atoms with E-state index in [4.69, 9.17) is 27.9 Å². The molecule has 1 heterocycles. The molecule has 1 N–H and O–H groups in total. The van der Waals surface area contributed by atoms with Crippen LogP contribution >= 0.6 is 50.5 Å². The molecule has 1 aromatic heterocycles. The van der Waals surface area contributed by atoms with E-state index in [0.717, 1.165) is 31.5 Å². The fraction of sp³-hybridized carbons (Fsp3) is 0.286. The Balaban J connectivity index is 2.47. The summed E-state index contributed by atoms with van der Waals surface area (Å²) < 4.78 is 6.38. The minimum Gasteiger partial charge on any atom is -0.496 e. The second kappa shape index (κ2) is 7.14. The van der Waals surface area contributed by atoms with Crippen molar-refractivity contribution in [2.75, 3.05) is 13.7 Å². The van der Waals surface area contributed by atoms with Gasteiger partial charge in [0, 0.05) is 15.5 Å². The quantitative estimate of drug-likeness (QED) is 0.720. The Morgan fingerprint density at radius 3 is 2.65 bits per heavy atom. The smallest absolute Gasteiger partial charge is 0.125 e. The summed E-state index contributed by atoms with van der Waals surface area (Å²) in [7, 11) is 1.65. The summed E-state index contributed by atoms with van der Waals surface area (Å²) in [6, 6.07) is 7.67. The van der Waals surface area contributed by atoms with Crippen LogP contribution in [0.1, 0.15) is 23.4 Å². The van der Waals surface area contributed by atoms with Gasteiger partial charge in [0.25, 0.3) is 0 Å². The first-order valence-corrected chi connectivity index (χ1v) is 8.45. The number of ether oxygens (including phenoxy) is 1. The van der Waals surface area contributed by atoms with E-state index in [1.807, 2.05) is 24.3 Å². The van der Waals surface area contributed by atoms with Crippen molar-refractivity contribution >= 4 is 50.5 Å². The number of hydrogen-bond donors (Lipinski definition) is 1. The Labute approximate surface area is 141 Å². The van der Waals surface area contributed by atoms with Crippen molar-refractivity contribution in [3.05, 3.63) is 48.5 Å². The van der Waals surface area contributed by atoms with E-state index in [1.165, 1.54) is 0 Å². The van der Waals surface area contributed by atoms with E-state index in [2.05, 4.69) is 28.2 Å². The van der Waals surface area contributed by atoms with Crippen LogP contribution < -0.4 is 10.1 Å². The highest BCUT2D eigenvalue weighted by molar-refractivity contribution is 9.11. The van der Waals surface area contributed by atoms with Gasteiger partial charge >= 0.3 is 0 Å². The van der Waals surface area contributed by atoms with Crippen molar-refractivity contribution in [2.45, 2.75) is 13.0 Å². The number of thiophene rings is 1. The van der Waals surface area contributed by atoms with Gasteiger partial charge in [-0.05, 0) is 40.7 Å². The van der Waals surface area contributed by atoms with Gasteiger partial charge in [-0.15, -0.1) is 11.3 Å². The van der Waals surface area contributed by atoms with Gasteiger partial charge in [0.2, 0.25) is 0 Å². The molecule has 1 unspecified atom stereocenters. The molecule has 1 atom stereocenters. The van der Waals surface area contributed by atoms with E-state index in [1.54, 1.807) is 18.4 Å². The lowest BCUT2D eigenvalue weighted by Gasteiger charge is -2.19. The van der Waals surface area contributed by atoms with Crippen molar-refractivity contribution < 1.29 is 4.74 Å². The molecule has 2 rings (SSSR count). The van der Waals surface area contributed by atoms with Crippen LogP contribution in [0, 0.1) is 0 Å². The van der Waals surface area contributed by atoms with Gasteiger partial charge in [-0.2, -0.15) is 0 Å². The van der Waals surface area contributed by atoms with Crippen LogP contribution in [0.15, 0.2) is 28.1 Å². The molecule has 20 heavy (non-hydrogen) atoms. The molecule has 0 spiro atoms. The van der Waals surface area contributed by atoms with Gasteiger partial charge in [-0.3, -0.25) is 0 Å². The third-order valence-electron chi connectivity index (χ3n) is 2.86. The predicted octanol–water partition coefficient (Wildman–Crippen LogP) is 5.52. The maximum Gasteiger partial charge on any atom is 0.125 e. The summed E-state index contributed by atoms with van der Waals surface area (Å²) in [6.45, 7) is 2.91. The summed E-state index contributed by atoms with van der Waals surface area (Å²) in [5.41, 5.74) is 1.05. The molecule has 0 bridgehead atoms. The average molecular weight is 395 g/mol. The molecule has 0 radical (unpaired) electrons. The zero-order valence-electron chi connectivity index (χ0n) is 11.0. The highest BCUT2D eigenvalue weighted by Gasteiger charge is 2.20. The largest absolute Gasteiger partial charge is 0.496 e. The molecule has 2 nitrogen and oxygen atoms in total. The van der Waals surface area contributed by atoms with E-state index in [-0.39, 0.29) is 6.04 Å². The number of nitrogens with one attached hydrogen (secondary N) is 1. The molecule has 0 aliphatic heterocycles. The van der Waals surface area contributed by atoms with Gasteiger partial charge in [0.1, 0.15) is 5.75 Å². The molecule has 1 aromatic carbocycles. The summed E-state index contributed by atoms with van der Waals surface area (Å²) in [6.07, 6.45) is 0. The van der Waals surface area contributed by atoms with Gasteiger partial charge in [0.15, 0.2) is 0 Å². The minimum absolute atomic E-state index is 0.0287. The third kappa shape index (κ3) is 3.49. The Morgan fingerprint density at radius 2 is 2.10 bits per heavy atom. The van der Waals surface area contributed by atoms with Crippen LogP contribution in [0.2, 0.25) is 10.0 Å². The Kier molecular flexibility index (Phi) is 5.75. The molecule has 0 amide bonds. The monoisotopic (exact) mass is 393 g/mol. The first kappa shape index (κ1) is 16.1. The van der Waals surface area contributed by atoms with Gasteiger partial charge in [-0.25, -0.2) is 0 Å². The minimum atomic E-state index is 0.0287. The fourth-order valence-corrected chi connectivity index (χ4v) is 4.00. The Bertz CT molecular complexity index is 583. The van der Waals surface area contributed by atoms with Gasteiger partial charge in [-0.1, -0.05) is 36.2 Å². The number of rotatable bonds is 5. The lowest BCUT2D eigenvalue weighted by Crippen LogP contribution is -2.21. The summed E-state index contributed by atoms with van der Waals surface area (Å²) in [5.74, 6) is 0.768. The summed E-state index contributed by atoms with van der Waals surface area (Å²) in [5, 5.41) is 4.84. The Hall–Kier alpha value is -0.260. The van der Waals surface area contributed by atoms with Crippen molar-refractivity contribution in [2.24, 2.45) is 0 Å². The van der Waals surface area contributed by atoms with Gasteiger partial charge in [0.05, 0.1) is 22.0 Å². The van der Waals surface area contributed by atoms with Crippen molar-refractivity contribution in [3.8, 4) is 5.75 Å². The fourth-order valence-electron chi connectivity index (χ4n) is 2.00. The van der Waals surface area contributed by atoms with E-state index < -0.39 is 0 Å². The number of halogens is 3. The molecular formula is C14H14BrCl2NOS. The van der Waals surface area contributed by atoms with E-state index >= 15 is 0 Å². The average Bonchev–Trinajstić information content (AvgIpc) is 2.76. The number of methoxy groups -OCH3 is 1. The summed E-state index contributed by atoms with van der Waals surface area (Å²) in [4.78, 5) is 1.13. The standard InChI is InChI=1S/C14H14BrCl2NOS/c1-3-18-13(12-7-10(17)14(15)20-12)9-5-4-8(16)6-11(9)19-2/h4-7,13,18H,3H2,1-2H3. The van der Waals surface area contributed by atoms with Gasteiger partial charge < -0.3 is 10.1 Å². The van der Waals surface area contributed by atoms with Crippen molar-refractivity contribution in [1.82, 2.24) is 5.32 Å². The van der Waals surface area contributed by atoms with Crippen LogP contribution in [0.3, 0.4) is 0 Å². The third-order valence-corrected chi connectivity index (χ3v) is 5.64. The molecule has 2 aromatic rings. The number of benzene rings is 1. The molecule has 0 fully saturated rings. The molecule has 0 saturated heterocycles. The first-order chi connectivity index (χ1) is 9.56. The lowest BCUT2D eigenvalue weighted by molar-refractivity contribution is 0.405. The lowest BCUT2D eigenvalue weighted by atomic mass is 10.0. The molecule has 0 aliphatic rings. The normalized spacial score (nSPS) is 12.4. The number of hydrogen-bond acceptors (Lipinski definition) is 3. The molecule has 0 saturated carbocycles. The topological polar surface area (TPSA) is 21.3 Å². The zero-order chi connectivity index (χ0) is 14.7. The second-order valence-electron chi connectivity index (χ2n) is 4.15. The highest BCUT2D eigenvalue weighted by atomic mass is 79.9. The van der Waals surface area contributed by atoms with Crippen LogP contribution in [0.25, 0.3) is 0 Å². The molecular weight excluding hydrogens is 381 g/mol. The van der Waals surface area contributed by atoms with Crippen LogP contribution in [-0.4, -0.2) is 13.7 Å². The SMILES string of the molecule is CCNC(c1cc(Cl)c(Br)s1)c1ccc(Cl)cc1OC. The maximum atomic E-state index is 6.14. The molecule has 6 heteroatoms. The van der Waals surface area contributed by atoms with Crippen LogP contribution in [0.4, 0.5) is 0 Å². The zero-order valence-corrected chi connectivity index (χ0v) is 15.0. The molecule has 0 aliphatic carbocycles. The van der Waals surface area contributed by atoms with E-state index in [9.17, 15) is 0 Å². The Morgan fingerprint density at radius 1 is 1.35 bits per heavy atom. The maximum absolute atomic E-state index is 6.14. The van der Waals surface area contributed by atoms with Crippen molar-refractivity contribution in [1.29, 1.82) is 0 Å². The summed E-state index contributed by atoms with van der Waals surface area (Å²) >= 11 is 17.2. The first-order valence-electron chi connectivity index (χ1n) is 6.08. The molecule has 108 valence electrons. The second-order valence-corrected chi connectivity index (χ2v) is 7.39. The van der Waals surface area contributed by atoms with Crippen LogP contribution in [-0.2, 0) is 0 Å². The highest BCUT2D eigenvalue weighted by Crippen LogP contribution is 2.40. The predicted molar refractivity (Wildman–Crippen MR) is 90.6 cm³/mol. The van der Waals surface area contributed by atoms with Crippen molar-refractivity contribution in [3.63, 3.8) is 0 Å². The van der Waals surface area contributed by atoms with E-state index in [0.29, 0.717) is 5.02 Å². The van der Waals surface area contributed by atoms with Crippen LogP contribution in [0.5, 0.6) is 5.75 Å².